The first-order valence-corrected chi connectivity index (χ1v) is 7.27. The molecule has 0 aliphatic rings. The molecule has 0 saturated carbocycles. The highest BCUT2D eigenvalue weighted by molar-refractivity contribution is 6.35. The Morgan fingerprint density at radius 1 is 1.09 bits per heavy atom. The molecule has 0 bridgehead atoms. The van der Waals surface area contributed by atoms with E-state index < -0.39 is 5.91 Å². The Bertz CT molecular complexity index is 794. The molecule has 0 fully saturated rings. The minimum atomic E-state index is -0.546. The van der Waals surface area contributed by atoms with Crippen molar-refractivity contribution in [2.24, 2.45) is 0 Å². The van der Waals surface area contributed by atoms with Crippen LogP contribution in [0.3, 0.4) is 0 Å². The van der Waals surface area contributed by atoms with Crippen LogP contribution < -0.4 is 5.32 Å². The summed E-state index contributed by atoms with van der Waals surface area (Å²) in [6.07, 6.45) is 1.40. The number of carbonyl (C=O) groups excluding carboxylic acids is 1. The topological polar surface area (TPSA) is 52.9 Å². The second kappa shape index (κ2) is 7.33. The molecule has 6 heteroatoms. The first-order chi connectivity index (χ1) is 10.5. The van der Waals surface area contributed by atoms with E-state index in [0.29, 0.717) is 26.3 Å². The molecule has 2 aromatic rings. The van der Waals surface area contributed by atoms with Gasteiger partial charge in [-0.2, -0.15) is 5.26 Å². The molecule has 3 nitrogen and oxygen atoms in total. The number of carbonyl (C=O) groups is 1. The van der Waals surface area contributed by atoms with Gasteiger partial charge < -0.3 is 5.32 Å². The molecule has 0 aliphatic heterocycles. The number of rotatable bonds is 3. The lowest BCUT2D eigenvalue weighted by Gasteiger charge is -2.05. The van der Waals surface area contributed by atoms with Gasteiger partial charge in [0, 0.05) is 20.8 Å². The molecule has 22 heavy (non-hydrogen) atoms. The van der Waals surface area contributed by atoms with Crippen LogP contribution in [0.2, 0.25) is 15.1 Å². The van der Waals surface area contributed by atoms with Gasteiger partial charge in [-0.05, 0) is 42.0 Å². The Kier molecular flexibility index (Phi) is 5.46. The highest BCUT2D eigenvalue weighted by Crippen LogP contribution is 2.23. The molecule has 1 N–H and O–H groups in total. The monoisotopic (exact) mass is 350 g/mol. The number of hydrogen-bond acceptors (Lipinski definition) is 2. The summed E-state index contributed by atoms with van der Waals surface area (Å²) in [6.45, 7) is 0. The largest absolute Gasteiger partial charge is 0.321 e. The van der Waals surface area contributed by atoms with Crippen molar-refractivity contribution in [1.29, 1.82) is 5.26 Å². The van der Waals surface area contributed by atoms with Crippen LogP contribution in [0.4, 0.5) is 5.69 Å². The first kappa shape index (κ1) is 16.4. The third-order valence-corrected chi connectivity index (χ3v) is 3.51. The predicted octanol–water partition coefficient (Wildman–Crippen LogP) is 5.19. The predicted molar refractivity (Wildman–Crippen MR) is 90.1 cm³/mol. The summed E-state index contributed by atoms with van der Waals surface area (Å²) in [7, 11) is 0. The molecule has 0 aromatic heterocycles. The number of anilines is 1. The van der Waals surface area contributed by atoms with Gasteiger partial charge in [0.25, 0.3) is 5.91 Å². The van der Waals surface area contributed by atoms with Crippen LogP contribution in [0.25, 0.3) is 6.08 Å². The average molecular weight is 352 g/mol. The van der Waals surface area contributed by atoms with Crippen molar-refractivity contribution in [3.63, 3.8) is 0 Å². The lowest BCUT2D eigenvalue weighted by molar-refractivity contribution is -0.112. The van der Waals surface area contributed by atoms with Crippen molar-refractivity contribution in [2.75, 3.05) is 5.32 Å². The van der Waals surface area contributed by atoms with E-state index in [1.165, 1.54) is 6.08 Å². The molecule has 110 valence electrons. The highest BCUT2D eigenvalue weighted by Gasteiger charge is 2.11. The number of hydrogen-bond donors (Lipinski definition) is 1. The maximum absolute atomic E-state index is 12.1. The number of halogens is 3. The van der Waals surface area contributed by atoms with Crippen molar-refractivity contribution in [1.82, 2.24) is 0 Å². The fourth-order valence-corrected chi connectivity index (χ4v) is 2.34. The molecular formula is C16H9Cl3N2O. The molecule has 2 aromatic carbocycles. The lowest BCUT2D eigenvalue weighted by Crippen LogP contribution is -2.13. The zero-order valence-electron chi connectivity index (χ0n) is 11.1. The minimum Gasteiger partial charge on any atom is -0.321 e. The molecule has 1 amide bonds. The highest BCUT2D eigenvalue weighted by atomic mass is 35.5. The van der Waals surface area contributed by atoms with Crippen LogP contribution in [0, 0.1) is 11.3 Å². The summed E-state index contributed by atoms with van der Waals surface area (Å²) >= 11 is 17.7. The fraction of sp³-hybridized carbons (Fsp3) is 0. The number of benzene rings is 2. The summed E-state index contributed by atoms with van der Waals surface area (Å²) in [5.74, 6) is -0.546. The van der Waals surface area contributed by atoms with Crippen LogP contribution in [0.5, 0.6) is 0 Å². The third-order valence-electron chi connectivity index (χ3n) is 2.71. The van der Waals surface area contributed by atoms with Crippen LogP contribution in [0.15, 0.2) is 48.0 Å². The smallest absolute Gasteiger partial charge is 0.266 e. The van der Waals surface area contributed by atoms with Gasteiger partial charge in [0.1, 0.15) is 11.6 Å². The molecule has 0 aliphatic carbocycles. The summed E-state index contributed by atoms with van der Waals surface area (Å²) in [5.41, 5.74) is 0.953. The second-order valence-electron chi connectivity index (χ2n) is 4.30. The summed E-state index contributed by atoms with van der Waals surface area (Å²) in [6, 6.07) is 13.3. The number of nitriles is 1. The molecule has 0 saturated heterocycles. The molecule has 0 atom stereocenters. The number of amides is 1. The van der Waals surface area contributed by atoms with E-state index in [9.17, 15) is 4.79 Å². The van der Waals surface area contributed by atoms with Gasteiger partial charge in [0.15, 0.2) is 0 Å². The van der Waals surface area contributed by atoms with E-state index in [2.05, 4.69) is 5.32 Å². The molecular weight excluding hydrogens is 343 g/mol. The number of nitrogens with one attached hydrogen (secondary N) is 1. The van der Waals surface area contributed by atoms with Crippen LogP contribution in [-0.2, 0) is 4.79 Å². The van der Waals surface area contributed by atoms with Crippen LogP contribution in [0.1, 0.15) is 5.56 Å². The van der Waals surface area contributed by atoms with Crippen molar-refractivity contribution < 1.29 is 4.79 Å². The van der Waals surface area contributed by atoms with Crippen molar-refractivity contribution >= 4 is 52.5 Å². The Hall–Kier alpha value is -1.99. The summed E-state index contributed by atoms with van der Waals surface area (Å²) < 4.78 is 0. The molecule has 0 radical (unpaired) electrons. The van der Waals surface area contributed by atoms with Gasteiger partial charge in [0.2, 0.25) is 0 Å². The summed E-state index contributed by atoms with van der Waals surface area (Å²) in [4.78, 5) is 12.1. The third kappa shape index (κ3) is 4.25. The van der Waals surface area contributed by atoms with E-state index in [0.717, 1.165) is 0 Å². The Labute approximate surface area is 142 Å². The van der Waals surface area contributed by atoms with Crippen molar-refractivity contribution in [3.05, 3.63) is 68.7 Å². The van der Waals surface area contributed by atoms with Gasteiger partial charge >= 0.3 is 0 Å². The maximum atomic E-state index is 12.1. The quantitative estimate of drug-likeness (QED) is 0.611. The van der Waals surface area contributed by atoms with Crippen molar-refractivity contribution in [3.8, 4) is 6.07 Å². The van der Waals surface area contributed by atoms with Gasteiger partial charge in [-0.1, -0.05) is 46.9 Å². The maximum Gasteiger partial charge on any atom is 0.266 e. The SMILES string of the molecule is N#C/C(=C\c1ccc(Cl)cc1Cl)C(=O)Nc1cccc(Cl)c1. The molecule has 0 unspecified atom stereocenters. The Morgan fingerprint density at radius 2 is 1.82 bits per heavy atom. The normalized spacial score (nSPS) is 10.9. The molecule has 0 spiro atoms. The fourth-order valence-electron chi connectivity index (χ4n) is 1.69. The van der Waals surface area contributed by atoms with Gasteiger partial charge in [-0.3, -0.25) is 4.79 Å². The summed E-state index contributed by atoms with van der Waals surface area (Å²) in [5, 5.41) is 13.1. The molecule has 0 heterocycles. The number of nitrogens with zero attached hydrogens (tertiary/aromatic N) is 1. The Balaban J connectivity index is 2.26. The lowest BCUT2D eigenvalue weighted by atomic mass is 10.1. The van der Waals surface area contributed by atoms with E-state index in [1.54, 1.807) is 42.5 Å². The standard InChI is InChI=1S/C16H9Cl3N2O/c17-12-2-1-3-14(7-12)21-16(22)11(9-20)6-10-4-5-13(18)8-15(10)19/h1-8H,(H,21,22)/b11-6+. The minimum absolute atomic E-state index is 0.0794. The van der Waals surface area contributed by atoms with E-state index in [-0.39, 0.29) is 5.57 Å². The first-order valence-electron chi connectivity index (χ1n) is 6.13. The average Bonchev–Trinajstić information content (AvgIpc) is 2.46. The van der Waals surface area contributed by atoms with E-state index >= 15 is 0 Å². The zero-order chi connectivity index (χ0) is 16.1. The van der Waals surface area contributed by atoms with Gasteiger partial charge in [0.05, 0.1) is 0 Å². The van der Waals surface area contributed by atoms with Crippen LogP contribution in [-0.4, -0.2) is 5.91 Å². The van der Waals surface area contributed by atoms with Crippen molar-refractivity contribution in [2.45, 2.75) is 0 Å². The molecule has 2 rings (SSSR count). The van der Waals surface area contributed by atoms with Gasteiger partial charge in [-0.15, -0.1) is 0 Å². The zero-order valence-corrected chi connectivity index (χ0v) is 13.4. The van der Waals surface area contributed by atoms with E-state index in [1.807, 2.05) is 6.07 Å². The van der Waals surface area contributed by atoms with Gasteiger partial charge in [-0.25, -0.2) is 0 Å². The van der Waals surface area contributed by atoms with Crippen LogP contribution >= 0.6 is 34.8 Å². The Morgan fingerprint density at radius 3 is 2.45 bits per heavy atom. The van der Waals surface area contributed by atoms with E-state index in [4.69, 9.17) is 40.1 Å². The second-order valence-corrected chi connectivity index (χ2v) is 5.58.